The Balaban J connectivity index is 1.60. The monoisotopic (exact) mass is 415 g/mol. The highest BCUT2D eigenvalue weighted by atomic mass is 32.2. The van der Waals surface area contributed by atoms with Crippen LogP contribution in [0.2, 0.25) is 0 Å². The smallest absolute Gasteiger partial charge is 0.337 e. The molecule has 0 unspecified atom stereocenters. The van der Waals surface area contributed by atoms with E-state index in [1.54, 1.807) is 42.5 Å². The van der Waals surface area contributed by atoms with Crippen LogP contribution < -0.4 is 5.32 Å². The fourth-order valence-corrected chi connectivity index (χ4v) is 3.62. The number of ether oxygens (including phenoxy) is 1. The van der Waals surface area contributed by atoms with Crippen molar-refractivity contribution in [3.8, 4) is 0 Å². The molecule has 0 atom stereocenters. The van der Waals surface area contributed by atoms with E-state index in [1.807, 2.05) is 0 Å². The molecule has 0 radical (unpaired) electrons. The van der Waals surface area contributed by atoms with E-state index in [2.05, 4.69) is 20.2 Å². The van der Waals surface area contributed by atoms with Crippen molar-refractivity contribution >= 4 is 21.7 Å². The summed E-state index contributed by atoms with van der Waals surface area (Å²) in [5, 5.41) is 6.15. The van der Waals surface area contributed by atoms with Crippen LogP contribution in [0.4, 0.5) is 0 Å². The molecule has 0 aliphatic carbocycles. The lowest BCUT2D eigenvalue weighted by Crippen LogP contribution is -2.23. The van der Waals surface area contributed by atoms with E-state index in [1.165, 1.54) is 19.2 Å². The van der Waals surface area contributed by atoms with Gasteiger partial charge in [-0.1, -0.05) is 35.5 Å². The van der Waals surface area contributed by atoms with Gasteiger partial charge in [0.2, 0.25) is 0 Å². The van der Waals surface area contributed by atoms with Crippen molar-refractivity contribution in [1.82, 2.24) is 15.5 Å². The van der Waals surface area contributed by atoms with E-state index in [9.17, 15) is 18.0 Å². The third-order valence-electron chi connectivity index (χ3n) is 3.91. The van der Waals surface area contributed by atoms with Gasteiger partial charge in [-0.05, 0) is 29.8 Å². The fourth-order valence-electron chi connectivity index (χ4n) is 2.42. The van der Waals surface area contributed by atoms with E-state index in [0.29, 0.717) is 5.56 Å². The maximum Gasteiger partial charge on any atom is 0.337 e. The number of carbonyl (C=O) groups excluding carboxylic acids is 2. The minimum atomic E-state index is -3.65. The topological polar surface area (TPSA) is 128 Å². The average molecular weight is 415 g/mol. The van der Waals surface area contributed by atoms with Crippen LogP contribution in [0, 0.1) is 0 Å². The second-order valence-corrected chi connectivity index (χ2v) is 7.95. The fraction of sp³-hybridized carbons (Fsp3) is 0.158. The zero-order valence-corrected chi connectivity index (χ0v) is 16.2. The zero-order chi connectivity index (χ0) is 20.9. The van der Waals surface area contributed by atoms with Crippen LogP contribution in [-0.2, 0) is 26.9 Å². The molecule has 0 spiro atoms. The van der Waals surface area contributed by atoms with Gasteiger partial charge in [0.05, 0.1) is 17.6 Å². The third-order valence-corrected chi connectivity index (χ3v) is 5.54. The SMILES string of the molecule is COC(=O)c1ccc(CNC(=O)c2nc(CS(=O)(=O)c3ccccc3)no2)cc1. The molecule has 1 N–H and O–H groups in total. The molecular formula is C19H17N3O6S. The van der Waals surface area contributed by atoms with Crippen LogP contribution in [0.15, 0.2) is 64.0 Å². The van der Waals surface area contributed by atoms with Crippen LogP contribution in [0.5, 0.6) is 0 Å². The van der Waals surface area contributed by atoms with E-state index < -0.39 is 27.5 Å². The summed E-state index contributed by atoms with van der Waals surface area (Å²) in [7, 11) is -2.36. The van der Waals surface area contributed by atoms with Crippen LogP contribution in [0.3, 0.4) is 0 Å². The molecule has 3 aromatic rings. The first-order valence-corrected chi connectivity index (χ1v) is 10.1. The van der Waals surface area contributed by atoms with Gasteiger partial charge in [0.1, 0.15) is 5.75 Å². The highest BCUT2D eigenvalue weighted by molar-refractivity contribution is 7.90. The van der Waals surface area contributed by atoms with Crippen LogP contribution in [-0.4, -0.2) is 37.5 Å². The molecule has 0 bridgehead atoms. The number of nitrogens with one attached hydrogen (secondary N) is 1. The van der Waals surface area contributed by atoms with E-state index >= 15 is 0 Å². The normalized spacial score (nSPS) is 11.1. The Labute approximate surface area is 166 Å². The Morgan fingerprint density at radius 3 is 2.41 bits per heavy atom. The maximum absolute atomic E-state index is 12.3. The second kappa shape index (κ2) is 8.65. The standard InChI is InChI=1S/C19H17N3O6S/c1-27-19(24)14-9-7-13(8-10-14)11-20-17(23)18-21-16(22-28-18)12-29(25,26)15-5-3-2-4-6-15/h2-10H,11-12H2,1H3,(H,20,23). The lowest BCUT2D eigenvalue weighted by Gasteiger charge is -2.04. The molecule has 29 heavy (non-hydrogen) atoms. The van der Waals surface area contributed by atoms with Gasteiger partial charge in [-0.2, -0.15) is 4.98 Å². The molecule has 10 heteroatoms. The molecule has 1 amide bonds. The van der Waals surface area contributed by atoms with Crippen LogP contribution in [0.1, 0.15) is 32.4 Å². The molecule has 0 saturated carbocycles. The summed E-state index contributed by atoms with van der Waals surface area (Å²) in [5.41, 5.74) is 1.13. The number of benzene rings is 2. The van der Waals surface area contributed by atoms with Gasteiger partial charge in [-0.25, -0.2) is 13.2 Å². The molecule has 0 aliphatic heterocycles. The predicted octanol–water partition coefficient (Wildman–Crippen LogP) is 1.76. The average Bonchev–Trinajstić information content (AvgIpc) is 3.20. The number of methoxy groups -OCH3 is 1. The van der Waals surface area contributed by atoms with Crippen molar-refractivity contribution in [1.29, 1.82) is 0 Å². The van der Waals surface area contributed by atoms with Crippen molar-refractivity contribution < 1.29 is 27.3 Å². The summed E-state index contributed by atoms with van der Waals surface area (Å²) in [6.45, 7) is 0.153. The number of rotatable bonds is 7. The van der Waals surface area contributed by atoms with Crippen LogP contribution >= 0.6 is 0 Å². The van der Waals surface area contributed by atoms with Gasteiger partial charge in [-0.15, -0.1) is 0 Å². The van der Waals surface area contributed by atoms with Crippen LogP contribution in [0.25, 0.3) is 0 Å². The van der Waals surface area contributed by atoms with Gasteiger partial charge in [0, 0.05) is 6.54 Å². The quantitative estimate of drug-likeness (QED) is 0.578. The molecule has 0 saturated heterocycles. The summed E-state index contributed by atoms with van der Waals surface area (Å²) < 4.78 is 34.1. The number of hydrogen-bond donors (Lipinski definition) is 1. The number of esters is 1. The zero-order valence-electron chi connectivity index (χ0n) is 15.4. The summed E-state index contributed by atoms with van der Waals surface area (Å²) in [4.78, 5) is 27.5. The molecule has 0 fully saturated rings. The number of nitrogens with zero attached hydrogens (tertiary/aromatic N) is 2. The Bertz CT molecular complexity index is 1110. The first kappa shape index (κ1) is 20.2. The summed E-state index contributed by atoms with van der Waals surface area (Å²) >= 11 is 0. The minimum absolute atomic E-state index is 0.110. The highest BCUT2D eigenvalue weighted by Crippen LogP contribution is 2.14. The minimum Gasteiger partial charge on any atom is -0.465 e. The van der Waals surface area contributed by atoms with E-state index in [-0.39, 0.29) is 23.2 Å². The van der Waals surface area contributed by atoms with Crippen molar-refractivity contribution in [3.05, 3.63) is 77.4 Å². The summed E-state index contributed by atoms with van der Waals surface area (Å²) in [5.74, 6) is -2.03. The molecule has 1 heterocycles. The number of amides is 1. The van der Waals surface area contributed by atoms with Gasteiger partial charge in [-0.3, -0.25) is 4.79 Å². The second-order valence-electron chi connectivity index (χ2n) is 5.96. The Morgan fingerprint density at radius 2 is 1.76 bits per heavy atom. The Kier molecular flexibility index (Phi) is 6.03. The maximum atomic E-state index is 12.3. The van der Waals surface area contributed by atoms with Gasteiger partial charge in [0.25, 0.3) is 0 Å². The number of sulfone groups is 1. The molecule has 9 nitrogen and oxygen atoms in total. The molecule has 0 aliphatic rings. The molecular weight excluding hydrogens is 398 g/mol. The highest BCUT2D eigenvalue weighted by Gasteiger charge is 2.21. The largest absolute Gasteiger partial charge is 0.465 e. The number of aromatic nitrogens is 2. The molecule has 150 valence electrons. The first-order valence-electron chi connectivity index (χ1n) is 8.45. The molecule has 2 aromatic carbocycles. The van der Waals surface area contributed by atoms with Gasteiger partial charge in [0.15, 0.2) is 15.7 Å². The number of carbonyl (C=O) groups is 2. The van der Waals surface area contributed by atoms with E-state index in [0.717, 1.165) is 5.56 Å². The van der Waals surface area contributed by atoms with Crippen molar-refractivity contribution in [2.75, 3.05) is 7.11 Å². The first-order chi connectivity index (χ1) is 13.9. The third kappa shape index (κ3) is 5.05. The van der Waals surface area contributed by atoms with Gasteiger partial charge >= 0.3 is 17.8 Å². The van der Waals surface area contributed by atoms with Gasteiger partial charge < -0.3 is 14.6 Å². The van der Waals surface area contributed by atoms with Crippen molar-refractivity contribution in [2.24, 2.45) is 0 Å². The Morgan fingerprint density at radius 1 is 1.07 bits per heavy atom. The summed E-state index contributed by atoms with van der Waals surface area (Å²) in [6.07, 6.45) is 0. The predicted molar refractivity (Wildman–Crippen MR) is 101 cm³/mol. The van der Waals surface area contributed by atoms with Crippen molar-refractivity contribution in [2.45, 2.75) is 17.2 Å². The number of hydrogen-bond acceptors (Lipinski definition) is 8. The lowest BCUT2D eigenvalue weighted by molar-refractivity contribution is 0.0600. The lowest BCUT2D eigenvalue weighted by atomic mass is 10.1. The van der Waals surface area contributed by atoms with E-state index in [4.69, 9.17) is 4.52 Å². The summed E-state index contributed by atoms with van der Waals surface area (Å²) in [6, 6.07) is 14.3. The molecule has 1 aromatic heterocycles. The Hall–Kier alpha value is -3.53. The molecule has 3 rings (SSSR count). The van der Waals surface area contributed by atoms with Crippen molar-refractivity contribution in [3.63, 3.8) is 0 Å².